The number of para-hydroxylation sites is 1. The van der Waals surface area contributed by atoms with Crippen LogP contribution in [0.15, 0.2) is 24.3 Å². The summed E-state index contributed by atoms with van der Waals surface area (Å²) in [5.74, 6) is 0.200. The first-order chi connectivity index (χ1) is 7.85. The van der Waals surface area contributed by atoms with E-state index in [2.05, 4.69) is 11.0 Å². The Morgan fingerprint density at radius 3 is 2.62 bits per heavy atom. The maximum atomic E-state index is 10.7. The maximum absolute atomic E-state index is 10.7. The number of nitrogens with zero attached hydrogens (tertiary/aromatic N) is 2. The lowest BCUT2D eigenvalue weighted by Gasteiger charge is -2.32. The zero-order chi connectivity index (χ0) is 11.4. The van der Waals surface area contributed by atoms with Gasteiger partial charge in [0, 0.05) is 19.0 Å². The zero-order valence-corrected chi connectivity index (χ0v) is 9.10. The van der Waals surface area contributed by atoms with Crippen molar-refractivity contribution >= 4 is 12.0 Å². The van der Waals surface area contributed by atoms with Gasteiger partial charge in [-0.1, -0.05) is 12.1 Å². The van der Waals surface area contributed by atoms with Crippen molar-refractivity contribution in [3.8, 4) is 6.07 Å². The molecule has 16 heavy (non-hydrogen) atoms. The van der Waals surface area contributed by atoms with Gasteiger partial charge in [0.15, 0.2) is 0 Å². The average molecular weight is 214 g/mol. The molecule has 0 amide bonds. The van der Waals surface area contributed by atoms with E-state index in [0.717, 1.165) is 37.9 Å². The molecule has 0 bridgehead atoms. The van der Waals surface area contributed by atoms with Gasteiger partial charge in [-0.25, -0.2) is 0 Å². The average Bonchev–Trinajstić information content (AvgIpc) is 2.39. The number of anilines is 1. The number of carbonyl (C=O) groups is 1. The van der Waals surface area contributed by atoms with Crippen LogP contribution in [0.1, 0.15) is 18.4 Å². The number of aldehydes is 1. The molecule has 1 aliphatic rings. The van der Waals surface area contributed by atoms with Crippen LogP contribution in [0.4, 0.5) is 5.69 Å². The van der Waals surface area contributed by atoms with Crippen LogP contribution in [0.25, 0.3) is 0 Å². The lowest BCUT2D eigenvalue weighted by Crippen LogP contribution is -2.34. The Hall–Kier alpha value is -1.82. The van der Waals surface area contributed by atoms with Crippen molar-refractivity contribution in [3.05, 3.63) is 29.8 Å². The fourth-order valence-electron chi connectivity index (χ4n) is 2.12. The van der Waals surface area contributed by atoms with Crippen LogP contribution in [0.2, 0.25) is 0 Å². The highest BCUT2D eigenvalue weighted by molar-refractivity contribution is 5.60. The quantitative estimate of drug-likeness (QED) is 0.707. The third-order valence-electron chi connectivity index (χ3n) is 3.10. The van der Waals surface area contributed by atoms with Gasteiger partial charge >= 0.3 is 0 Å². The van der Waals surface area contributed by atoms with E-state index in [-0.39, 0.29) is 5.92 Å². The Morgan fingerprint density at radius 2 is 2.00 bits per heavy atom. The second kappa shape index (κ2) is 4.80. The van der Waals surface area contributed by atoms with E-state index in [1.54, 1.807) is 0 Å². The molecule has 0 aromatic heterocycles. The van der Waals surface area contributed by atoms with Crippen molar-refractivity contribution in [2.75, 3.05) is 18.0 Å². The molecule has 0 saturated carbocycles. The number of nitriles is 1. The van der Waals surface area contributed by atoms with Crippen LogP contribution in [-0.4, -0.2) is 19.4 Å². The van der Waals surface area contributed by atoms with Gasteiger partial charge in [-0.3, -0.25) is 0 Å². The molecule has 0 N–H and O–H groups in total. The summed E-state index contributed by atoms with van der Waals surface area (Å²) in [5.41, 5.74) is 1.71. The Bertz CT molecular complexity index is 414. The number of hydrogen-bond acceptors (Lipinski definition) is 3. The minimum Gasteiger partial charge on any atom is -0.370 e. The number of rotatable bonds is 2. The van der Waals surface area contributed by atoms with Gasteiger partial charge in [-0.2, -0.15) is 5.26 Å². The Balaban J connectivity index is 2.14. The maximum Gasteiger partial charge on any atom is 0.123 e. The second-order valence-corrected chi connectivity index (χ2v) is 4.09. The lowest BCUT2D eigenvalue weighted by atomic mass is 9.97. The van der Waals surface area contributed by atoms with Gasteiger partial charge < -0.3 is 9.69 Å². The Labute approximate surface area is 95.3 Å². The standard InChI is InChI=1S/C13H14N2O/c14-9-12-3-1-2-4-13(12)15-7-5-11(10-16)6-8-15/h1-4,10-11H,5-8H2. The van der Waals surface area contributed by atoms with Crippen LogP contribution < -0.4 is 4.90 Å². The molecule has 2 rings (SSSR count). The number of hydrogen-bond donors (Lipinski definition) is 0. The SMILES string of the molecule is N#Cc1ccccc1N1CCC(C=O)CC1. The third kappa shape index (κ3) is 2.06. The van der Waals surface area contributed by atoms with Crippen molar-refractivity contribution in [3.63, 3.8) is 0 Å². The molecule has 0 aliphatic carbocycles. The highest BCUT2D eigenvalue weighted by Crippen LogP contribution is 2.24. The van der Waals surface area contributed by atoms with Crippen LogP contribution in [-0.2, 0) is 4.79 Å². The highest BCUT2D eigenvalue weighted by atomic mass is 16.1. The van der Waals surface area contributed by atoms with Crippen molar-refractivity contribution in [2.45, 2.75) is 12.8 Å². The molecule has 3 heteroatoms. The van der Waals surface area contributed by atoms with Gasteiger partial charge in [-0.05, 0) is 25.0 Å². The smallest absolute Gasteiger partial charge is 0.123 e. The van der Waals surface area contributed by atoms with E-state index < -0.39 is 0 Å². The van der Waals surface area contributed by atoms with Crippen molar-refractivity contribution < 1.29 is 4.79 Å². The van der Waals surface area contributed by atoms with E-state index in [9.17, 15) is 4.79 Å². The second-order valence-electron chi connectivity index (χ2n) is 4.09. The van der Waals surface area contributed by atoms with Crippen molar-refractivity contribution in [2.24, 2.45) is 5.92 Å². The van der Waals surface area contributed by atoms with Crippen molar-refractivity contribution in [1.29, 1.82) is 5.26 Å². The fourth-order valence-corrected chi connectivity index (χ4v) is 2.12. The third-order valence-corrected chi connectivity index (χ3v) is 3.10. The first-order valence-corrected chi connectivity index (χ1v) is 5.54. The number of benzene rings is 1. The van der Waals surface area contributed by atoms with E-state index in [0.29, 0.717) is 5.56 Å². The summed E-state index contributed by atoms with van der Waals surface area (Å²) in [6.07, 6.45) is 2.83. The van der Waals surface area contributed by atoms with E-state index >= 15 is 0 Å². The predicted molar refractivity (Wildman–Crippen MR) is 62.2 cm³/mol. The summed E-state index contributed by atoms with van der Waals surface area (Å²) in [4.78, 5) is 12.8. The molecule has 0 atom stereocenters. The van der Waals surface area contributed by atoms with Crippen LogP contribution >= 0.6 is 0 Å². The van der Waals surface area contributed by atoms with E-state index in [4.69, 9.17) is 5.26 Å². The van der Waals surface area contributed by atoms with Crippen LogP contribution in [0.5, 0.6) is 0 Å². The first kappa shape index (κ1) is 10.7. The molecule has 0 unspecified atom stereocenters. The summed E-state index contributed by atoms with van der Waals surface area (Å²) in [5, 5.41) is 9.01. The number of piperidine rings is 1. The molecule has 1 heterocycles. The highest BCUT2D eigenvalue weighted by Gasteiger charge is 2.20. The van der Waals surface area contributed by atoms with E-state index in [1.165, 1.54) is 0 Å². The molecule has 1 fully saturated rings. The topological polar surface area (TPSA) is 44.1 Å². The first-order valence-electron chi connectivity index (χ1n) is 5.54. The molecule has 1 aromatic rings. The summed E-state index contributed by atoms with van der Waals surface area (Å²) in [6.45, 7) is 1.73. The summed E-state index contributed by atoms with van der Waals surface area (Å²) in [7, 11) is 0. The Morgan fingerprint density at radius 1 is 1.31 bits per heavy atom. The van der Waals surface area contributed by atoms with Gasteiger partial charge in [0.25, 0.3) is 0 Å². The molecule has 1 aliphatic heterocycles. The summed E-state index contributed by atoms with van der Waals surface area (Å²) < 4.78 is 0. The minimum absolute atomic E-state index is 0.200. The van der Waals surface area contributed by atoms with Gasteiger partial charge in [0.1, 0.15) is 12.4 Å². The molecule has 1 saturated heterocycles. The van der Waals surface area contributed by atoms with Gasteiger partial charge in [-0.15, -0.1) is 0 Å². The number of carbonyl (C=O) groups excluding carboxylic acids is 1. The fraction of sp³-hybridized carbons (Fsp3) is 0.385. The monoisotopic (exact) mass is 214 g/mol. The molecule has 0 radical (unpaired) electrons. The summed E-state index contributed by atoms with van der Waals surface area (Å²) in [6, 6.07) is 9.83. The molecular formula is C13H14N2O. The molecular weight excluding hydrogens is 200 g/mol. The lowest BCUT2D eigenvalue weighted by molar-refractivity contribution is -0.111. The van der Waals surface area contributed by atoms with E-state index in [1.807, 2.05) is 24.3 Å². The minimum atomic E-state index is 0.200. The molecule has 0 spiro atoms. The van der Waals surface area contributed by atoms with Crippen molar-refractivity contribution in [1.82, 2.24) is 0 Å². The molecule has 82 valence electrons. The van der Waals surface area contributed by atoms with Crippen LogP contribution in [0, 0.1) is 17.2 Å². The largest absolute Gasteiger partial charge is 0.370 e. The normalized spacial score (nSPS) is 16.8. The molecule has 1 aromatic carbocycles. The van der Waals surface area contributed by atoms with Gasteiger partial charge in [0.05, 0.1) is 11.3 Å². The summed E-state index contributed by atoms with van der Waals surface area (Å²) >= 11 is 0. The van der Waals surface area contributed by atoms with Crippen LogP contribution in [0.3, 0.4) is 0 Å². The van der Waals surface area contributed by atoms with Gasteiger partial charge in [0.2, 0.25) is 0 Å². The molecule has 3 nitrogen and oxygen atoms in total. The Kier molecular flexibility index (Phi) is 3.21. The predicted octanol–water partition coefficient (Wildman–Crippen LogP) is 1.97. The zero-order valence-electron chi connectivity index (χ0n) is 9.10.